The van der Waals surface area contributed by atoms with Crippen LogP contribution in [0.3, 0.4) is 0 Å². The highest BCUT2D eigenvalue weighted by Gasteiger charge is 2.63. The van der Waals surface area contributed by atoms with E-state index >= 15 is 0 Å². The average molecular weight is 229 g/mol. The second-order valence-corrected chi connectivity index (χ2v) is 6.75. The van der Waals surface area contributed by atoms with Gasteiger partial charge in [0.2, 0.25) is 0 Å². The Kier molecular flexibility index (Phi) is 3.73. The van der Waals surface area contributed by atoms with Crippen LogP contribution in [-0.4, -0.2) is 36.5 Å². The predicted octanol–water partition coefficient (Wildman–Crippen LogP) is 1.25. The Morgan fingerprint density at radius 1 is 1.06 bits per heavy atom. The summed E-state index contributed by atoms with van der Waals surface area (Å²) in [5.41, 5.74) is 0.396. The molecule has 0 heterocycles. The number of nitrogens with one attached hydrogen (secondary N) is 1. The normalized spacial score (nSPS) is 23.4. The lowest BCUT2D eigenvalue weighted by atomic mass is 9.93. The van der Waals surface area contributed by atoms with Crippen molar-refractivity contribution >= 4 is 0 Å². The van der Waals surface area contributed by atoms with Gasteiger partial charge in [-0.25, -0.2) is 0 Å². The summed E-state index contributed by atoms with van der Waals surface area (Å²) in [5, 5.41) is 21.7. The molecule has 1 rings (SSSR count). The van der Waals surface area contributed by atoms with Gasteiger partial charge in [-0.1, -0.05) is 34.6 Å². The van der Waals surface area contributed by atoms with Crippen LogP contribution in [0.2, 0.25) is 0 Å². The Morgan fingerprint density at radius 2 is 1.50 bits per heavy atom. The van der Waals surface area contributed by atoms with Crippen LogP contribution in [0, 0.1) is 22.2 Å². The fraction of sp³-hybridized carbons (Fsp3) is 1.00. The fourth-order valence-electron chi connectivity index (χ4n) is 2.52. The first-order chi connectivity index (χ1) is 7.21. The van der Waals surface area contributed by atoms with Crippen molar-refractivity contribution in [2.24, 2.45) is 22.2 Å². The molecule has 3 heteroatoms. The first kappa shape index (κ1) is 13.9. The lowest BCUT2D eigenvalue weighted by Gasteiger charge is -2.25. The second kappa shape index (κ2) is 4.28. The van der Waals surface area contributed by atoms with Crippen LogP contribution in [-0.2, 0) is 0 Å². The molecule has 0 bridgehead atoms. The minimum Gasteiger partial charge on any atom is -0.396 e. The van der Waals surface area contributed by atoms with Crippen molar-refractivity contribution < 1.29 is 10.2 Å². The molecule has 0 amide bonds. The van der Waals surface area contributed by atoms with E-state index in [1.807, 2.05) is 6.92 Å². The third kappa shape index (κ3) is 2.27. The number of aliphatic hydroxyl groups excluding tert-OH is 2. The van der Waals surface area contributed by atoms with Gasteiger partial charge in [0.1, 0.15) is 0 Å². The Labute approximate surface area is 99.3 Å². The van der Waals surface area contributed by atoms with Crippen LogP contribution >= 0.6 is 0 Å². The van der Waals surface area contributed by atoms with E-state index in [9.17, 15) is 10.2 Å². The Bertz CT molecular complexity index is 230. The van der Waals surface area contributed by atoms with E-state index in [0.29, 0.717) is 23.3 Å². The quantitative estimate of drug-likeness (QED) is 0.642. The summed E-state index contributed by atoms with van der Waals surface area (Å²) < 4.78 is 0. The molecule has 96 valence electrons. The number of rotatable bonds is 6. The molecule has 1 saturated carbocycles. The van der Waals surface area contributed by atoms with Gasteiger partial charge in [-0.2, -0.15) is 0 Å². The van der Waals surface area contributed by atoms with E-state index in [2.05, 4.69) is 33.0 Å². The zero-order valence-electron chi connectivity index (χ0n) is 11.3. The third-order valence-corrected chi connectivity index (χ3v) is 4.98. The number of hydrogen-bond donors (Lipinski definition) is 3. The molecule has 0 aromatic heterocycles. The molecule has 0 saturated heterocycles. The topological polar surface area (TPSA) is 52.5 Å². The van der Waals surface area contributed by atoms with Gasteiger partial charge in [0.15, 0.2) is 0 Å². The maximum Gasteiger partial charge on any atom is 0.0518 e. The Hall–Kier alpha value is -0.120. The lowest BCUT2D eigenvalue weighted by Crippen LogP contribution is -2.39. The van der Waals surface area contributed by atoms with Gasteiger partial charge in [-0.15, -0.1) is 0 Å². The molecule has 0 unspecified atom stereocenters. The van der Waals surface area contributed by atoms with Crippen LogP contribution in [0.4, 0.5) is 0 Å². The molecule has 0 aromatic rings. The summed E-state index contributed by atoms with van der Waals surface area (Å²) in [7, 11) is 0. The van der Waals surface area contributed by atoms with Crippen molar-refractivity contribution in [2.45, 2.75) is 34.6 Å². The van der Waals surface area contributed by atoms with Gasteiger partial charge in [-0.3, -0.25) is 0 Å². The fourth-order valence-corrected chi connectivity index (χ4v) is 2.52. The molecule has 0 aliphatic heterocycles. The molecule has 1 fully saturated rings. The van der Waals surface area contributed by atoms with Gasteiger partial charge < -0.3 is 15.5 Å². The summed E-state index contributed by atoms with van der Waals surface area (Å²) in [6.45, 7) is 12.8. The third-order valence-electron chi connectivity index (χ3n) is 4.98. The molecule has 0 atom stereocenters. The zero-order chi connectivity index (χ0) is 12.6. The van der Waals surface area contributed by atoms with Crippen LogP contribution in [0.5, 0.6) is 0 Å². The van der Waals surface area contributed by atoms with Gasteiger partial charge >= 0.3 is 0 Å². The van der Waals surface area contributed by atoms with E-state index in [4.69, 9.17) is 0 Å². The average Bonchev–Trinajstić information content (AvgIpc) is 2.60. The van der Waals surface area contributed by atoms with E-state index in [0.717, 1.165) is 6.54 Å². The Morgan fingerprint density at radius 3 is 1.81 bits per heavy atom. The van der Waals surface area contributed by atoms with Crippen molar-refractivity contribution in [3.05, 3.63) is 0 Å². The highest BCUT2D eigenvalue weighted by Crippen LogP contribution is 2.67. The maximum absolute atomic E-state index is 9.17. The molecule has 0 radical (unpaired) electrons. The standard InChI is InChI=1S/C13H27NO2/c1-11(2)10(12(11,3)4)6-14-7-13(5,8-15)9-16/h10,14-16H,6-9H2,1-5H3. The highest BCUT2D eigenvalue weighted by molar-refractivity contribution is 5.12. The monoisotopic (exact) mass is 229 g/mol. The lowest BCUT2D eigenvalue weighted by molar-refractivity contribution is 0.0694. The summed E-state index contributed by atoms with van der Waals surface area (Å²) in [4.78, 5) is 0. The molecule has 1 aliphatic rings. The minimum atomic E-state index is -0.400. The largest absolute Gasteiger partial charge is 0.396 e. The number of aliphatic hydroxyl groups is 2. The van der Waals surface area contributed by atoms with Crippen LogP contribution in [0.25, 0.3) is 0 Å². The van der Waals surface area contributed by atoms with Crippen LogP contribution in [0.15, 0.2) is 0 Å². The molecule has 3 nitrogen and oxygen atoms in total. The Balaban J connectivity index is 2.33. The first-order valence-corrected chi connectivity index (χ1v) is 6.14. The van der Waals surface area contributed by atoms with E-state index in [1.54, 1.807) is 0 Å². The van der Waals surface area contributed by atoms with Crippen molar-refractivity contribution in [1.82, 2.24) is 5.32 Å². The molecule has 3 N–H and O–H groups in total. The molecular weight excluding hydrogens is 202 g/mol. The predicted molar refractivity (Wildman–Crippen MR) is 66.2 cm³/mol. The minimum absolute atomic E-state index is 0.0218. The molecular formula is C13H27NO2. The summed E-state index contributed by atoms with van der Waals surface area (Å²) in [6.07, 6.45) is 0. The van der Waals surface area contributed by atoms with E-state index in [-0.39, 0.29) is 13.2 Å². The summed E-state index contributed by atoms with van der Waals surface area (Å²) in [5.74, 6) is 0.682. The van der Waals surface area contributed by atoms with Crippen LogP contribution in [0.1, 0.15) is 34.6 Å². The molecule has 1 aliphatic carbocycles. The summed E-state index contributed by atoms with van der Waals surface area (Å²) >= 11 is 0. The summed E-state index contributed by atoms with van der Waals surface area (Å²) in [6, 6.07) is 0. The highest BCUT2D eigenvalue weighted by atomic mass is 16.3. The molecule has 0 spiro atoms. The SMILES string of the molecule is CC(CO)(CO)CNCC1C(C)(C)C1(C)C. The van der Waals surface area contributed by atoms with Crippen molar-refractivity contribution in [2.75, 3.05) is 26.3 Å². The van der Waals surface area contributed by atoms with Gasteiger partial charge in [-0.05, 0) is 23.3 Å². The second-order valence-electron chi connectivity index (χ2n) is 6.75. The van der Waals surface area contributed by atoms with E-state index in [1.165, 1.54) is 0 Å². The maximum atomic E-state index is 9.17. The zero-order valence-corrected chi connectivity index (χ0v) is 11.3. The number of hydrogen-bond acceptors (Lipinski definition) is 3. The first-order valence-electron chi connectivity index (χ1n) is 6.14. The smallest absolute Gasteiger partial charge is 0.0518 e. The van der Waals surface area contributed by atoms with Crippen molar-refractivity contribution in [3.8, 4) is 0 Å². The van der Waals surface area contributed by atoms with Crippen molar-refractivity contribution in [3.63, 3.8) is 0 Å². The van der Waals surface area contributed by atoms with Crippen LogP contribution < -0.4 is 5.32 Å². The molecule has 16 heavy (non-hydrogen) atoms. The molecule has 0 aromatic carbocycles. The van der Waals surface area contributed by atoms with Crippen molar-refractivity contribution in [1.29, 1.82) is 0 Å². The van der Waals surface area contributed by atoms with E-state index < -0.39 is 5.41 Å². The van der Waals surface area contributed by atoms with Gasteiger partial charge in [0, 0.05) is 12.0 Å². The van der Waals surface area contributed by atoms with Gasteiger partial charge in [0.05, 0.1) is 13.2 Å². The van der Waals surface area contributed by atoms with Gasteiger partial charge in [0.25, 0.3) is 0 Å².